The number of pyridine rings is 3. The molecule has 3 heterocycles. The van der Waals surface area contributed by atoms with Crippen LogP contribution in [0, 0.1) is 0 Å². The third-order valence-corrected chi connectivity index (χ3v) is 7.54. The van der Waals surface area contributed by atoms with Gasteiger partial charge in [-0.25, -0.2) is 4.98 Å². The molecule has 0 radical (unpaired) electrons. The smallest absolute Gasteiger partial charge is 0.268 e. The van der Waals surface area contributed by atoms with E-state index in [4.69, 9.17) is 9.47 Å². The number of rotatable bonds is 9. The Bertz CT molecular complexity index is 1950. The lowest BCUT2D eigenvalue weighted by molar-refractivity contribution is 0.0553. The molecule has 0 aliphatic heterocycles. The van der Waals surface area contributed by atoms with Gasteiger partial charge in [0.05, 0.1) is 23.9 Å². The number of carbonyl (C=O) groups excluding carboxylic acids is 2. The van der Waals surface area contributed by atoms with Crippen LogP contribution in [0.3, 0.4) is 0 Å². The molecule has 0 saturated heterocycles. The minimum Gasteiger partial charge on any atom is -0.493 e. The van der Waals surface area contributed by atoms with Gasteiger partial charge in [0.2, 0.25) is 0 Å². The molecule has 6 rings (SSSR count). The third-order valence-electron chi connectivity index (χ3n) is 7.54. The zero-order valence-corrected chi connectivity index (χ0v) is 24.9. The molecule has 0 atom stereocenters. The number of nitrogens with zero attached hydrogens (tertiary/aromatic N) is 3. The van der Waals surface area contributed by atoms with Gasteiger partial charge in [-0.3, -0.25) is 23.9 Å². The van der Waals surface area contributed by atoms with E-state index in [0.29, 0.717) is 72.0 Å². The van der Waals surface area contributed by atoms with E-state index in [-0.39, 0.29) is 17.2 Å². The van der Waals surface area contributed by atoms with Crippen LogP contribution < -0.4 is 20.3 Å². The van der Waals surface area contributed by atoms with E-state index < -0.39 is 17.1 Å². The Kier molecular flexibility index (Phi) is 8.14. The van der Waals surface area contributed by atoms with E-state index in [9.17, 15) is 19.5 Å². The first-order chi connectivity index (χ1) is 21.7. The number of ketones is 1. The molecule has 10 heteroatoms. The molecular weight excluding hydrogens is 572 g/mol. The summed E-state index contributed by atoms with van der Waals surface area (Å²) < 4.78 is 13.3. The summed E-state index contributed by atoms with van der Waals surface area (Å²) in [5.41, 5.74) is 0.842. The first-order valence-electron chi connectivity index (χ1n) is 14.7. The van der Waals surface area contributed by atoms with Gasteiger partial charge >= 0.3 is 0 Å². The van der Waals surface area contributed by atoms with Crippen LogP contribution in [0.1, 0.15) is 59.5 Å². The van der Waals surface area contributed by atoms with E-state index in [0.717, 1.165) is 5.39 Å². The van der Waals surface area contributed by atoms with Crippen LogP contribution in [0.15, 0.2) is 90.0 Å². The summed E-state index contributed by atoms with van der Waals surface area (Å²) in [4.78, 5) is 48.4. The number of hydrogen-bond acceptors (Lipinski definition) is 8. The van der Waals surface area contributed by atoms with Crippen molar-refractivity contribution in [2.45, 2.75) is 45.1 Å². The quantitative estimate of drug-likeness (QED) is 0.213. The van der Waals surface area contributed by atoms with Crippen molar-refractivity contribution in [3.8, 4) is 22.9 Å². The van der Waals surface area contributed by atoms with Crippen molar-refractivity contribution in [2.75, 3.05) is 11.9 Å². The molecule has 2 aromatic carbocycles. The van der Waals surface area contributed by atoms with Crippen LogP contribution in [0.4, 0.5) is 5.82 Å². The van der Waals surface area contributed by atoms with Gasteiger partial charge in [0, 0.05) is 47.4 Å². The Morgan fingerprint density at radius 3 is 2.53 bits per heavy atom. The van der Waals surface area contributed by atoms with Crippen LogP contribution in [0.25, 0.3) is 16.6 Å². The molecular formula is C35H32N4O6. The lowest BCUT2D eigenvalue weighted by Gasteiger charge is -2.21. The Labute approximate surface area is 259 Å². The fraction of sp³-hybridized carbons (Fsp3) is 0.229. The molecule has 228 valence electrons. The van der Waals surface area contributed by atoms with Crippen LogP contribution in [0.5, 0.6) is 17.2 Å². The predicted molar refractivity (Wildman–Crippen MR) is 170 cm³/mol. The van der Waals surface area contributed by atoms with Crippen LogP contribution >= 0.6 is 0 Å². The summed E-state index contributed by atoms with van der Waals surface area (Å²) in [7, 11) is 0. The Morgan fingerprint density at radius 2 is 1.78 bits per heavy atom. The van der Waals surface area contributed by atoms with Gasteiger partial charge in [0.15, 0.2) is 5.78 Å². The maximum absolute atomic E-state index is 13.6. The van der Waals surface area contributed by atoms with Crippen molar-refractivity contribution in [2.24, 2.45) is 0 Å². The molecule has 10 nitrogen and oxygen atoms in total. The van der Waals surface area contributed by atoms with Gasteiger partial charge in [-0.1, -0.05) is 18.2 Å². The SMILES string of the molecule is CC(C)(O)CCOc1ccc2c(Oc3ccc(NC(=O)c4cc5c(n(-c6ccccc6)c4=O)CCCC5=O)nc3)ccnc2c1. The summed E-state index contributed by atoms with van der Waals surface area (Å²) in [6.07, 6.45) is 5.18. The molecule has 0 fully saturated rings. The monoisotopic (exact) mass is 604 g/mol. The number of nitrogens with one attached hydrogen (secondary N) is 1. The van der Waals surface area contributed by atoms with Crippen LogP contribution in [-0.2, 0) is 6.42 Å². The second-order valence-corrected chi connectivity index (χ2v) is 11.5. The largest absolute Gasteiger partial charge is 0.493 e. The average Bonchev–Trinajstić information content (AvgIpc) is 3.02. The van der Waals surface area contributed by atoms with E-state index in [2.05, 4.69) is 15.3 Å². The van der Waals surface area contributed by atoms with E-state index in [1.54, 1.807) is 62.5 Å². The van der Waals surface area contributed by atoms with Crippen molar-refractivity contribution in [1.82, 2.24) is 14.5 Å². The fourth-order valence-electron chi connectivity index (χ4n) is 5.23. The molecule has 5 aromatic rings. The second kappa shape index (κ2) is 12.3. The first-order valence-corrected chi connectivity index (χ1v) is 14.7. The normalized spacial score (nSPS) is 12.9. The molecule has 3 aromatic heterocycles. The van der Waals surface area contributed by atoms with Gasteiger partial charge in [-0.2, -0.15) is 0 Å². The van der Waals surface area contributed by atoms with Crippen LogP contribution in [0.2, 0.25) is 0 Å². The van der Waals surface area contributed by atoms with Gasteiger partial charge in [-0.15, -0.1) is 0 Å². The van der Waals surface area contributed by atoms with E-state index in [1.807, 2.05) is 24.3 Å². The molecule has 2 N–H and O–H groups in total. The average molecular weight is 605 g/mol. The maximum atomic E-state index is 13.6. The maximum Gasteiger partial charge on any atom is 0.268 e. The number of carbonyl (C=O) groups is 2. The molecule has 45 heavy (non-hydrogen) atoms. The highest BCUT2D eigenvalue weighted by Gasteiger charge is 2.26. The summed E-state index contributed by atoms with van der Waals surface area (Å²) in [5, 5.41) is 13.4. The van der Waals surface area contributed by atoms with Gasteiger partial charge in [0.25, 0.3) is 11.5 Å². The molecule has 0 saturated carbocycles. The number of benzene rings is 2. The molecule has 1 aliphatic rings. The van der Waals surface area contributed by atoms with Crippen LogP contribution in [-0.4, -0.2) is 43.5 Å². The number of anilines is 1. The highest BCUT2D eigenvalue weighted by molar-refractivity contribution is 6.06. The lowest BCUT2D eigenvalue weighted by Crippen LogP contribution is -2.33. The van der Waals surface area contributed by atoms with Crippen molar-refractivity contribution in [3.05, 3.63) is 112 Å². The van der Waals surface area contributed by atoms with Crippen molar-refractivity contribution in [1.29, 1.82) is 0 Å². The van der Waals surface area contributed by atoms with Crippen molar-refractivity contribution >= 4 is 28.4 Å². The summed E-state index contributed by atoms with van der Waals surface area (Å²) in [6.45, 7) is 3.84. The molecule has 1 amide bonds. The third kappa shape index (κ3) is 6.61. The number of hydrogen-bond donors (Lipinski definition) is 2. The number of fused-ring (bicyclic) bond motifs is 2. The zero-order valence-electron chi connectivity index (χ0n) is 24.9. The molecule has 0 bridgehead atoms. The first kappa shape index (κ1) is 29.7. The van der Waals surface area contributed by atoms with E-state index in [1.165, 1.54) is 16.8 Å². The number of amides is 1. The molecule has 1 aliphatic carbocycles. The molecule has 0 spiro atoms. The zero-order chi connectivity index (χ0) is 31.6. The summed E-state index contributed by atoms with van der Waals surface area (Å²) >= 11 is 0. The minimum absolute atomic E-state index is 0.0901. The lowest BCUT2D eigenvalue weighted by atomic mass is 9.92. The Morgan fingerprint density at radius 1 is 0.978 bits per heavy atom. The number of para-hydroxylation sites is 1. The van der Waals surface area contributed by atoms with Gasteiger partial charge < -0.3 is 19.9 Å². The fourth-order valence-corrected chi connectivity index (χ4v) is 5.23. The second-order valence-electron chi connectivity index (χ2n) is 11.5. The number of Topliss-reactive ketones (excluding diaryl/α,β-unsaturated/α-hetero) is 1. The Balaban J connectivity index is 1.19. The highest BCUT2D eigenvalue weighted by atomic mass is 16.5. The van der Waals surface area contributed by atoms with Crippen molar-refractivity contribution in [3.63, 3.8) is 0 Å². The summed E-state index contributed by atoms with van der Waals surface area (Å²) in [6, 6.07) is 20.9. The van der Waals surface area contributed by atoms with Gasteiger partial charge in [-0.05, 0) is 75.2 Å². The number of ether oxygens (including phenoxy) is 2. The summed E-state index contributed by atoms with van der Waals surface area (Å²) in [5.74, 6) is 1.09. The highest BCUT2D eigenvalue weighted by Crippen LogP contribution is 2.31. The molecule has 0 unspecified atom stereocenters. The van der Waals surface area contributed by atoms with Gasteiger partial charge in [0.1, 0.15) is 28.6 Å². The predicted octanol–water partition coefficient (Wildman–Crippen LogP) is 5.88. The minimum atomic E-state index is -0.812. The van der Waals surface area contributed by atoms with Crippen molar-refractivity contribution < 1.29 is 24.2 Å². The topological polar surface area (TPSA) is 133 Å². The Hall–Kier alpha value is -5.35. The number of aromatic nitrogens is 3. The standard InChI is InChI=1S/C35H32N4O6/c1-35(2,43)16-18-44-23-11-13-25-28(19-23)36-17-15-31(25)45-24-12-14-32(37-21-24)38-33(41)27-20-26-29(9-6-10-30(26)40)39(34(27)42)22-7-4-3-5-8-22/h3-5,7-8,11-15,17,19-21,43H,6,9-10,16,18H2,1-2H3,(H,37,38,41). The van der Waals surface area contributed by atoms with E-state index >= 15 is 0 Å². The number of aliphatic hydroxyl groups is 1.